The monoisotopic (exact) mass is 257 g/mol. The summed E-state index contributed by atoms with van der Waals surface area (Å²) in [6.45, 7) is 0. The Morgan fingerprint density at radius 1 is 1.38 bits per heavy atom. The molecule has 0 amide bonds. The van der Waals surface area contributed by atoms with Gasteiger partial charge in [0.15, 0.2) is 0 Å². The van der Waals surface area contributed by atoms with Crippen molar-refractivity contribution in [3.8, 4) is 11.3 Å². The lowest BCUT2D eigenvalue weighted by atomic mass is 10.2. The summed E-state index contributed by atoms with van der Waals surface area (Å²) in [7, 11) is 0. The Morgan fingerprint density at radius 2 is 2.23 bits per heavy atom. The molecule has 0 atom stereocenters. The number of aromatic nitrogens is 1. The Labute approximate surface area is 88.7 Å². The molecule has 4 heteroatoms. The van der Waals surface area contributed by atoms with Crippen LogP contribution in [0.25, 0.3) is 11.3 Å². The molecule has 0 aliphatic rings. The average molecular weight is 259 g/mol. The highest BCUT2D eigenvalue weighted by Crippen LogP contribution is 2.23. The second kappa shape index (κ2) is 3.52. The number of hydrogen-bond donors (Lipinski definition) is 0. The van der Waals surface area contributed by atoms with Gasteiger partial charge in [-0.05, 0) is 12.1 Å². The molecular formula is C9H5BrClNO. The number of halogens is 2. The lowest BCUT2D eigenvalue weighted by Gasteiger charge is -1.94. The maximum Gasteiger partial charge on any atom is 0.264 e. The van der Waals surface area contributed by atoms with E-state index in [2.05, 4.69) is 20.9 Å². The molecule has 0 unspecified atom stereocenters. The summed E-state index contributed by atoms with van der Waals surface area (Å²) in [6.07, 6.45) is 1.58. The van der Waals surface area contributed by atoms with Gasteiger partial charge in [0, 0.05) is 26.5 Å². The predicted molar refractivity (Wildman–Crippen MR) is 54.6 cm³/mol. The van der Waals surface area contributed by atoms with Crippen LogP contribution >= 0.6 is 27.5 Å². The molecule has 0 aliphatic carbocycles. The molecule has 0 aliphatic heterocycles. The third kappa shape index (κ3) is 1.92. The minimum Gasteiger partial charge on any atom is -0.439 e. The van der Waals surface area contributed by atoms with Crippen LogP contribution in [0.5, 0.6) is 0 Å². The first-order valence-electron chi connectivity index (χ1n) is 3.63. The zero-order chi connectivity index (χ0) is 9.26. The summed E-state index contributed by atoms with van der Waals surface area (Å²) < 4.78 is 5.02. The standard InChI is InChI=1S/C9H5BrClNO/c10-9-12-8(5-13-9)6-2-1-3-7(11)4-6/h1-5H. The van der Waals surface area contributed by atoms with E-state index in [1.165, 1.54) is 0 Å². The largest absolute Gasteiger partial charge is 0.439 e. The van der Waals surface area contributed by atoms with Crippen LogP contribution in [0.2, 0.25) is 5.02 Å². The van der Waals surface area contributed by atoms with Crippen LogP contribution in [-0.4, -0.2) is 4.98 Å². The van der Waals surface area contributed by atoms with Gasteiger partial charge in [-0.25, -0.2) is 4.98 Å². The highest BCUT2D eigenvalue weighted by atomic mass is 79.9. The average Bonchev–Trinajstić information content (AvgIpc) is 2.52. The summed E-state index contributed by atoms with van der Waals surface area (Å²) in [5.74, 6) is 0. The molecule has 0 saturated carbocycles. The van der Waals surface area contributed by atoms with E-state index < -0.39 is 0 Å². The van der Waals surface area contributed by atoms with E-state index in [1.807, 2.05) is 24.3 Å². The minimum absolute atomic E-state index is 0.475. The van der Waals surface area contributed by atoms with Gasteiger partial charge in [0.2, 0.25) is 0 Å². The third-order valence-corrected chi connectivity index (χ3v) is 2.20. The second-order valence-corrected chi connectivity index (χ2v) is 3.61. The van der Waals surface area contributed by atoms with Crippen molar-refractivity contribution >= 4 is 27.5 Å². The normalized spacial score (nSPS) is 10.3. The highest BCUT2D eigenvalue weighted by Gasteiger charge is 2.03. The van der Waals surface area contributed by atoms with Gasteiger partial charge in [0.05, 0.1) is 0 Å². The SMILES string of the molecule is Clc1cccc(-c2coc(Br)n2)c1. The molecule has 0 N–H and O–H groups in total. The molecule has 1 aromatic heterocycles. The zero-order valence-corrected chi connectivity index (χ0v) is 8.84. The first-order valence-corrected chi connectivity index (χ1v) is 4.80. The molecular weight excluding hydrogens is 253 g/mol. The van der Waals surface area contributed by atoms with Gasteiger partial charge in [0.25, 0.3) is 4.80 Å². The number of hydrogen-bond acceptors (Lipinski definition) is 2. The second-order valence-electron chi connectivity index (χ2n) is 2.50. The number of nitrogens with zero attached hydrogens (tertiary/aromatic N) is 1. The van der Waals surface area contributed by atoms with Gasteiger partial charge in [-0.2, -0.15) is 0 Å². The van der Waals surface area contributed by atoms with Crippen LogP contribution in [0.1, 0.15) is 0 Å². The summed E-state index contributed by atoms with van der Waals surface area (Å²) in [5.41, 5.74) is 1.72. The molecule has 1 aromatic carbocycles. The van der Waals surface area contributed by atoms with Gasteiger partial charge in [-0.15, -0.1) is 0 Å². The molecule has 0 fully saturated rings. The zero-order valence-electron chi connectivity index (χ0n) is 6.50. The number of rotatable bonds is 1. The van der Waals surface area contributed by atoms with E-state index in [0.29, 0.717) is 9.82 Å². The van der Waals surface area contributed by atoms with Crippen molar-refractivity contribution in [2.24, 2.45) is 0 Å². The van der Waals surface area contributed by atoms with Crippen molar-refractivity contribution in [2.45, 2.75) is 0 Å². The van der Waals surface area contributed by atoms with Crippen LogP contribution in [-0.2, 0) is 0 Å². The summed E-state index contributed by atoms with van der Waals surface area (Å²) in [4.78, 5) is 4.59. The van der Waals surface area contributed by atoms with Gasteiger partial charge in [-0.3, -0.25) is 0 Å². The highest BCUT2D eigenvalue weighted by molar-refractivity contribution is 9.10. The maximum absolute atomic E-state index is 5.83. The number of oxazole rings is 1. The summed E-state index contributed by atoms with van der Waals surface area (Å²) >= 11 is 8.97. The Kier molecular flexibility index (Phi) is 2.38. The Bertz CT molecular complexity index is 427. The van der Waals surface area contributed by atoms with Crippen molar-refractivity contribution < 1.29 is 4.42 Å². The topological polar surface area (TPSA) is 26.0 Å². The third-order valence-electron chi connectivity index (χ3n) is 1.60. The molecule has 0 radical (unpaired) electrons. The van der Waals surface area contributed by atoms with Crippen LogP contribution in [0.4, 0.5) is 0 Å². The van der Waals surface area contributed by atoms with E-state index in [1.54, 1.807) is 6.26 Å². The van der Waals surface area contributed by atoms with E-state index in [4.69, 9.17) is 16.0 Å². The first kappa shape index (κ1) is 8.78. The van der Waals surface area contributed by atoms with E-state index in [9.17, 15) is 0 Å². The molecule has 66 valence electrons. The first-order chi connectivity index (χ1) is 6.25. The van der Waals surface area contributed by atoms with Crippen molar-refractivity contribution in [1.29, 1.82) is 0 Å². The van der Waals surface area contributed by atoms with Crippen LogP contribution < -0.4 is 0 Å². The fourth-order valence-corrected chi connectivity index (χ4v) is 1.51. The Morgan fingerprint density at radius 3 is 2.85 bits per heavy atom. The molecule has 2 aromatic rings. The maximum atomic E-state index is 5.83. The molecule has 2 rings (SSSR count). The van der Waals surface area contributed by atoms with Gasteiger partial charge in [-0.1, -0.05) is 23.7 Å². The van der Waals surface area contributed by atoms with Gasteiger partial charge < -0.3 is 4.42 Å². The van der Waals surface area contributed by atoms with Crippen LogP contribution in [0.15, 0.2) is 39.7 Å². The molecule has 2 nitrogen and oxygen atoms in total. The molecule has 13 heavy (non-hydrogen) atoms. The Balaban J connectivity index is 2.46. The van der Waals surface area contributed by atoms with E-state index in [0.717, 1.165) is 11.3 Å². The lowest BCUT2D eigenvalue weighted by Crippen LogP contribution is -1.76. The molecule has 0 spiro atoms. The quantitative estimate of drug-likeness (QED) is 0.778. The summed E-state index contributed by atoms with van der Waals surface area (Å²) in [5, 5.41) is 0.691. The molecule has 0 saturated heterocycles. The van der Waals surface area contributed by atoms with Crippen molar-refractivity contribution in [2.75, 3.05) is 0 Å². The molecule has 1 heterocycles. The van der Waals surface area contributed by atoms with Crippen molar-refractivity contribution in [3.05, 3.63) is 40.4 Å². The number of benzene rings is 1. The fraction of sp³-hybridized carbons (Fsp3) is 0. The Hall–Kier alpha value is -0.800. The van der Waals surface area contributed by atoms with Gasteiger partial charge >= 0.3 is 0 Å². The lowest BCUT2D eigenvalue weighted by molar-refractivity contribution is 0.529. The predicted octanol–water partition coefficient (Wildman–Crippen LogP) is 3.76. The fourth-order valence-electron chi connectivity index (χ4n) is 1.03. The van der Waals surface area contributed by atoms with E-state index >= 15 is 0 Å². The van der Waals surface area contributed by atoms with Crippen LogP contribution in [0, 0.1) is 0 Å². The summed E-state index contributed by atoms with van der Waals surface area (Å²) in [6, 6.07) is 7.46. The minimum atomic E-state index is 0.475. The van der Waals surface area contributed by atoms with Crippen molar-refractivity contribution in [1.82, 2.24) is 4.98 Å². The van der Waals surface area contributed by atoms with E-state index in [-0.39, 0.29) is 0 Å². The smallest absolute Gasteiger partial charge is 0.264 e. The molecule has 0 bridgehead atoms. The van der Waals surface area contributed by atoms with Gasteiger partial charge in [0.1, 0.15) is 12.0 Å². The van der Waals surface area contributed by atoms with Crippen LogP contribution in [0.3, 0.4) is 0 Å². The van der Waals surface area contributed by atoms with Crippen molar-refractivity contribution in [3.63, 3.8) is 0 Å².